The average molecular weight is 314 g/mol. The molecule has 0 unspecified atom stereocenters. The molecule has 3 heteroatoms. The van der Waals surface area contributed by atoms with Crippen LogP contribution in [0.3, 0.4) is 0 Å². The lowest BCUT2D eigenvalue weighted by Crippen LogP contribution is -2.38. The largest absolute Gasteiger partial charge is 0.298 e. The van der Waals surface area contributed by atoms with Gasteiger partial charge in [0.05, 0.1) is 0 Å². The van der Waals surface area contributed by atoms with Crippen LogP contribution in [-0.2, 0) is 6.54 Å². The van der Waals surface area contributed by atoms with Crippen molar-refractivity contribution in [3.63, 3.8) is 0 Å². The highest BCUT2D eigenvalue weighted by Gasteiger charge is 2.36. The van der Waals surface area contributed by atoms with Crippen molar-refractivity contribution in [1.29, 1.82) is 0 Å². The molecule has 2 heterocycles. The van der Waals surface area contributed by atoms with E-state index in [0.717, 1.165) is 12.0 Å². The molecule has 1 saturated carbocycles. The summed E-state index contributed by atoms with van der Waals surface area (Å²) in [5.74, 6) is 0. The Labute approximate surface area is 116 Å². The first-order valence-corrected chi connectivity index (χ1v) is 8.39. The molecule has 17 heavy (non-hydrogen) atoms. The fourth-order valence-electron chi connectivity index (χ4n) is 3.45. The molecule has 1 saturated heterocycles. The number of rotatable bonds is 2. The van der Waals surface area contributed by atoms with E-state index in [4.69, 9.17) is 0 Å². The maximum absolute atomic E-state index is 3.64. The van der Waals surface area contributed by atoms with Crippen LogP contribution in [0.1, 0.15) is 43.4 Å². The van der Waals surface area contributed by atoms with Gasteiger partial charge < -0.3 is 0 Å². The number of likely N-dealkylation sites (tertiary alicyclic amines) is 1. The summed E-state index contributed by atoms with van der Waals surface area (Å²) in [6.45, 7) is 3.77. The zero-order chi connectivity index (χ0) is 11.7. The number of hydrogen-bond donors (Lipinski definition) is 0. The first kappa shape index (κ1) is 12.2. The second-order valence-corrected chi connectivity index (χ2v) is 7.53. The van der Waals surface area contributed by atoms with Crippen molar-refractivity contribution in [2.45, 2.75) is 45.1 Å². The van der Waals surface area contributed by atoms with Crippen LogP contribution in [0.15, 0.2) is 15.9 Å². The van der Waals surface area contributed by atoms with Crippen molar-refractivity contribution in [1.82, 2.24) is 4.90 Å². The number of thiophene rings is 1. The third-order valence-electron chi connectivity index (χ3n) is 4.64. The Hall–Kier alpha value is 0.140. The summed E-state index contributed by atoms with van der Waals surface area (Å²) in [6.07, 6.45) is 8.85. The van der Waals surface area contributed by atoms with Gasteiger partial charge in [-0.25, -0.2) is 0 Å². The van der Waals surface area contributed by atoms with E-state index in [0.29, 0.717) is 0 Å². The van der Waals surface area contributed by atoms with E-state index < -0.39 is 0 Å². The van der Waals surface area contributed by atoms with Gasteiger partial charge in [0.1, 0.15) is 0 Å². The summed E-state index contributed by atoms with van der Waals surface area (Å²) >= 11 is 5.51. The fourth-order valence-corrected chi connectivity index (χ4v) is 4.97. The second-order valence-electron chi connectivity index (χ2n) is 5.67. The van der Waals surface area contributed by atoms with Crippen molar-refractivity contribution in [3.8, 4) is 0 Å². The van der Waals surface area contributed by atoms with Gasteiger partial charge in [0.2, 0.25) is 0 Å². The van der Waals surface area contributed by atoms with Crippen molar-refractivity contribution < 1.29 is 0 Å². The molecule has 0 bridgehead atoms. The van der Waals surface area contributed by atoms with Crippen molar-refractivity contribution in [3.05, 3.63) is 20.8 Å². The predicted octanol–water partition coefficient (Wildman–Crippen LogP) is 4.67. The van der Waals surface area contributed by atoms with Crippen molar-refractivity contribution in [2.75, 3.05) is 13.1 Å². The Kier molecular flexibility index (Phi) is 3.60. The topological polar surface area (TPSA) is 3.24 Å². The van der Waals surface area contributed by atoms with Gasteiger partial charge >= 0.3 is 0 Å². The van der Waals surface area contributed by atoms with Gasteiger partial charge in [-0.05, 0) is 71.6 Å². The normalized spacial score (nSPS) is 24.5. The number of halogens is 1. The molecule has 0 atom stereocenters. The molecule has 2 fully saturated rings. The van der Waals surface area contributed by atoms with E-state index in [1.54, 1.807) is 0 Å². The maximum Gasteiger partial charge on any atom is 0.0339 e. The minimum atomic E-state index is 0.753. The monoisotopic (exact) mass is 313 g/mol. The van der Waals surface area contributed by atoms with Gasteiger partial charge in [-0.2, -0.15) is 0 Å². The summed E-state index contributed by atoms with van der Waals surface area (Å²) in [7, 11) is 0. The zero-order valence-corrected chi connectivity index (χ0v) is 12.7. The smallest absolute Gasteiger partial charge is 0.0339 e. The third kappa shape index (κ3) is 2.61. The van der Waals surface area contributed by atoms with E-state index in [1.165, 1.54) is 61.0 Å². The van der Waals surface area contributed by atoms with Crippen LogP contribution < -0.4 is 0 Å². The van der Waals surface area contributed by atoms with E-state index in [9.17, 15) is 0 Å². The molecule has 1 aromatic rings. The van der Waals surface area contributed by atoms with E-state index in [1.807, 2.05) is 11.3 Å². The molecular formula is C14H20BrNS. The zero-order valence-electron chi connectivity index (χ0n) is 10.3. The highest BCUT2D eigenvalue weighted by atomic mass is 79.9. The van der Waals surface area contributed by atoms with Crippen LogP contribution >= 0.6 is 27.3 Å². The Bertz CT molecular complexity index is 371. The van der Waals surface area contributed by atoms with E-state index in [-0.39, 0.29) is 0 Å². The molecule has 0 amide bonds. The van der Waals surface area contributed by atoms with Crippen LogP contribution in [-0.4, -0.2) is 18.0 Å². The molecule has 1 aromatic heterocycles. The van der Waals surface area contributed by atoms with Crippen LogP contribution in [0.25, 0.3) is 0 Å². The lowest BCUT2D eigenvalue weighted by molar-refractivity contribution is 0.104. The van der Waals surface area contributed by atoms with Crippen molar-refractivity contribution >= 4 is 27.3 Å². The van der Waals surface area contributed by atoms with Gasteiger partial charge in [0, 0.05) is 15.9 Å². The quantitative estimate of drug-likeness (QED) is 0.767. The summed E-state index contributed by atoms with van der Waals surface area (Å²) in [6, 6.07) is 2.17. The first-order valence-electron chi connectivity index (χ1n) is 6.72. The van der Waals surface area contributed by atoms with E-state index in [2.05, 4.69) is 32.3 Å². The maximum atomic E-state index is 3.64. The first-order chi connectivity index (χ1) is 8.27. The minimum Gasteiger partial charge on any atom is -0.298 e. The Balaban J connectivity index is 1.56. The molecule has 0 aromatic carbocycles. The number of piperidine rings is 1. The summed E-state index contributed by atoms with van der Waals surface area (Å²) in [4.78, 5) is 4.13. The van der Waals surface area contributed by atoms with E-state index >= 15 is 0 Å². The van der Waals surface area contributed by atoms with Crippen LogP contribution in [0.5, 0.6) is 0 Å². The van der Waals surface area contributed by atoms with Gasteiger partial charge in [-0.3, -0.25) is 4.90 Å². The number of nitrogens with zero attached hydrogens (tertiary/aromatic N) is 1. The van der Waals surface area contributed by atoms with Crippen molar-refractivity contribution in [2.24, 2.45) is 5.41 Å². The molecule has 1 nitrogen and oxygen atoms in total. The van der Waals surface area contributed by atoms with Gasteiger partial charge in [-0.1, -0.05) is 12.8 Å². The van der Waals surface area contributed by atoms with Gasteiger partial charge in [-0.15, -0.1) is 11.3 Å². The Morgan fingerprint density at radius 1 is 1.18 bits per heavy atom. The standard InChI is InChI=1S/C14H20BrNS/c15-12-3-10-17-13(12)11-16-8-6-14(7-9-16)4-1-2-5-14/h3,10H,1-2,4-9,11H2. The molecule has 3 rings (SSSR count). The molecule has 0 radical (unpaired) electrons. The summed E-state index contributed by atoms with van der Waals surface area (Å²) < 4.78 is 1.30. The molecular weight excluding hydrogens is 294 g/mol. The Morgan fingerprint density at radius 3 is 2.47 bits per heavy atom. The SMILES string of the molecule is Brc1ccsc1CN1CCC2(CCCC2)CC1. The highest BCUT2D eigenvalue weighted by Crippen LogP contribution is 2.46. The lowest BCUT2D eigenvalue weighted by atomic mass is 9.77. The minimum absolute atomic E-state index is 0.753. The highest BCUT2D eigenvalue weighted by molar-refractivity contribution is 9.10. The number of hydrogen-bond acceptors (Lipinski definition) is 2. The predicted molar refractivity (Wildman–Crippen MR) is 77.4 cm³/mol. The molecule has 1 aliphatic carbocycles. The lowest BCUT2D eigenvalue weighted by Gasteiger charge is -2.39. The Morgan fingerprint density at radius 2 is 1.88 bits per heavy atom. The third-order valence-corrected chi connectivity index (χ3v) is 6.55. The molecule has 1 aliphatic heterocycles. The second kappa shape index (κ2) is 5.02. The van der Waals surface area contributed by atoms with Crippen LogP contribution in [0.2, 0.25) is 0 Å². The molecule has 94 valence electrons. The summed E-state index contributed by atoms with van der Waals surface area (Å²) in [5, 5.41) is 2.18. The average Bonchev–Trinajstić information content (AvgIpc) is 2.94. The molecule has 1 spiro atoms. The molecule has 0 N–H and O–H groups in total. The van der Waals surface area contributed by atoms with Crippen LogP contribution in [0.4, 0.5) is 0 Å². The fraction of sp³-hybridized carbons (Fsp3) is 0.714. The molecule has 2 aliphatic rings. The van der Waals surface area contributed by atoms with Crippen LogP contribution in [0, 0.1) is 5.41 Å². The van der Waals surface area contributed by atoms with Gasteiger partial charge in [0.15, 0.2) is 0 Å². The van der Waals surface area contributed by atoms with Gasteiger partial charge in [0.25, 0.3) is 0 Å². The summed E-state index contributed by atoms with van der Waals surface area (Å²) in [5.41, 5.74) is 0.753.